The first kappa shape index (κ1) is 16.1. The Balaban J connectivity index is 1.70. The van der Waals surface area contributed by atoms with Gasteiger partial charge in [0.15, 0.2) is 12.4 Å². The highest BCUT2D eigenvalue weighted by atomic mass is 32.1. The van der Waals surface area contributed by atoms with Crippen molar-refractivity contribution < 1.29 is 18.8 Å². The minimum absolute atomic E-state index is 0.0993. The molecule has 0 unspecified atom stereocenters. The number of ketones is 1. The maximum Gasteiger partial charge on any atom is 0.355 e. The topological polar surface area (TPSA) is 98.1 Å². The van der Waals surface area contributed by atoms with Gasteiger partial charge in [0.1, 0.15) is 5.69 Å². The Hall–Kier alpha value is -2.74. The Kier molecular flexibility index (Phi) is 4.30. The average molecular weight is 345 g/mol. The second kappa shape index (κ2) is 6.40. The van der Waals surface area contributed by atoms with Gasteiger partial charge in [-0.3, -0.25) is 4.79 Å². The third-order valence-electron chi connectivity index (χ3n) is 3.53. The van der Waals surface area contributed by atoms with Crippen molar-refractivity contribution in [1.82, 2.24) is 15.1 Å². The number of aromatic nitrogens is 3. The Morgan fingerprint density at radius 1 is 1.38 bits per heavy atom. The van der Waals surface area contributed by atoms with Crippen LogP contribution in [-0.2, 0) is 11.3 Å². The van der Waals surface area contributed by atoms with Crippen LogP contribution in [0.5, 0.6) is 0 Å². The monoisotopic (exact) mass is 345 g/mol. The summed E-state index contributed by atoms with van der Waals surface area (Å²) in [5.74, 6) is -0.00181. The van der Waals surface area contributed by atoms with Crippen molar-refractivity contribution in [3.8, 4) is 10.7 Å². The van der Waals surface area contributed by atoms with Crippen LogP contribution in [0, 0.1) is 13.8 Å². The molecule has 24 heavy (non-hydrogen) atoms. The van der Waals surface area contributed by atoms with Crippen molar-refractivity contribution in [3.63, 3.8) is 0 Å². The predicted molar refractivity (Wildman–Crippen MR) is 87.0 cm³/mol. The fraction of sp³-hybridized carbons (Fsp3) is 0.250. The molecular formula is C16H15N3O4S. The van der Waals surface area contributed by atoms with Crippen LogP contribution in [0.25, 0.3) is 10.7 Å². The van der Waals surface area contributed by atoms with Gasteiger partial charge in [-0.1, -0.05) is 11.2 Å². The van der Waals surface area contributed by atoms with Crippen molar-refractivity contribution in [1.29, 1.82) is 0 Å². The van der Waals surface area contributed by atoms with E-state index in [2.05, 4.69) is 15.1 Å². The van der Waals surface area contributed by atoms with Crippen LogP contribution in [0.15, 0.2) is 22.0 Å². The molecule has 0 amide bonds. The van der Waals surface area contributed by atoms with Gasteiger partial charge in [-0.25, -0.2) is 4.79 Å². The Morgan fingerprint density at radius 3 is 2.79 bits per heavy atom. The molecule has 1 N–H and O–H groups in total. The van der Waals surface area contributed by atoms with Crippen LogP contribution < -0.4 is 0 Å². The van der Waals surface area contributed by atoms with E-state index in [1.54, 1.807) is 13.8 Å². The fourth-order valence-electron chi connectivity index (χ4n) is 2.50. The van der Waals surface area contributed by atoms with E-state index in [4.69, 9.17) is 9.26 Å². The summed E-state index contributed by atoms with van der Waals surface area (Å²) in [6.45, 7) is 4.77. The minimum Gasteiger partial charge on any atom is -0.451 e. The first-order valence-corrected chi connectivity index (χ1v) is 8.09. The van der Waals surface area contributed by atoms with Gasteiger partial charge < -0.3 is 14.2 Å². The molecule has 7 nitrogen and oxygen atoms in total. The Morgan fingerprint density at radius 2 is 2.17 bits per heavy atom. The van der Waals surface area contributed by atoms with Crippen LogP contribution in [0.2, 0.25) is 0 Å². The van der Waals surface area contributed by atoms with E-state index < -0.39 is 5.97 Å². The second-order valence-corrected chi connectivity index (χ2v) is 6.19. The van der Waals surface area contributed by atoms with Crippen molar-refractivity contribution in [2.75, 3.05) is 0 Å². The summed E-state index contributed by atoms with van der Waals surface area (Å²) >= 11 is 1.49. The van der Waals surface area contributed by atoms with Gasteiger partial charge in [-0.05, 0) is 37.8 Å². The van der Waals surface area contributed by atoms with Crippen LogP contribution in [-0.4, -0.2) is 26.9 Å². The summed E-state index contributed by atoms with van der Waals surface area (Å²) in [6, 6.07) is 3.76. The van der Waals surface area contributed by atoms with Crippen molar-refractivity contribution >= 4 is 23.1 Å². The van der Waals surface area contributed by atoms with Crippen LogP contribution in [0.1, 0.15) is 44.9 Å². The number of rotatable bonds is 5. The molecule has 0 aliphatic carbocycles. The maximum atomic E-state index is 12.2. The number of nitrogens with zero attached hydrogens (tertiary/aromatic N) is 2. The lowest BCUT2D eigenvalue weighted by molar-refractivity contribution is 0.0422. The first-order chi connectivity index (χ1) is 11.5. The summed E-state index contributed by atoms with van der Waals surface area (Å²) in [5.41, 5.74) is 2.00. The highest BCUT2D eigenvalue weighted by Crippen LogP contribution is 2.22. The van der Waals surface area contributed by atoms with E-state index in [-0.39, 0.29) is 24.0 Å². The summed E-state index contributed by atoms with van der Waals surface area (Å²) < 4.78 is 10.3. The molecule has 3 rings (SSSR count). The zero-order valence-electron chi connectivity index (χ0n) is 13.4. The standard InChI is InChI=1S/C16H15N3O4S/c1-8-13(10(3)20)9(2)17-14(8)16(21)22-7-12-18-15(19-23-12)11-5-4-6-24-11/h4-6,17H,7H2,1-3H3. The molecule has 0 aliphatic rings. The lowest BCUT2D eigenvalue weighted by Gasteiger charge is -2.01. The molecule has 3 aromatic rings. The summed E-state index contributed by atoms with van der Waals surface area (Å²) in [5, 5.41) is 5.76. The second-order valence-electron chi connectivity index (χ2n) is 5.25. The minimum atomic E-state index is -0.570. The number of carbonyl (C=O) groups excluding carboxylic acids is 2. The number of H-pyrrole nitrogens is 1. The summed E-state index contributed by atoms with van der Waals surface area (Å²) in [6.07, 6.45) is 0. The fourth-order valence-corrected chi connectivity index (χ4v) is 3.15. The van der Waals surface area contributed by atoms with Crippen LogP contribution in [0.3, 0.4) is 0 Å². The van der Waals surface area contributed by atoms with Gasteiger partial charge in [0.25, 0.3) is 5.89 Å². The van der Waals surface area contributed by atoms with E-state index in [0.29, 0.717) is 22.6 Å². The number of carbonyl (C=O) groups is 2. The predicted octanol–water partition coefficient (Wildman–Crippen LogP) is 3.30. The molecular weight excluding hydrogens is 330 g/mol. The normalized spacial score (nSPS) is 10.8. The van der Waals surface area contributed by atoms with Crippen molar-refractivity contribution in [3.05, 3.63) is 45.9 Å². The molecule has 0 radical (unpaired) electrons. The highest BCUT2D eigenvalue weighted by molar-refractivity contribution is 7.13. The van der Waals surface area contributed by atoms with Gasteiger partial charge in [0, 0.05) is 11.3 Å². The molecule has 0 saturated heterocycles. The van der Waals surface area contributed by atoms with E-state index in [1.807, 2.05) is 17.5 Å². The van der Waals surface area contributed by atoms with Gasteiger partial charge >= 0.3 is 5.97 Å². The molecule has 0 fully saturated rings. The van der Waals surface area contributed by atoms with Crippen LogP contribution >= 0.6 is 11.3 Å². The third kappa shape index (κ3) is 3.00. The van der Waals surface area contributed by atoms with Gasteiger partial charge in [-0.15, -0.1) is 11.3 Å². The molecule has 0 atom stereocenters. The van der Waals surface area contributed by atoms with Gasteiger partial charge in [0.05, 0.1) is 4.88 Å². The molecule has 0 bridgehead atoms. The largest absolute Gasteiger partial charge is 0.451 e. The number of hydrogen-bond acceptors (Lipinski definition) is 7. The lowest BCUT2D eigenvalue weighted by Crippen LogP contribution is -2.08. The van der Waals surface area contributed by atoms with E-state index in [9.17, 15) is 9.59 Å². The number of hydrogen-bond donors (Lipinski definition) is 1. The highest BCUT2D eigenvalue weighted by Gasteiger charge is 2.21. The first-order valence-electron chi connectivity index (χ1n) is 7.21. The number of esters is 1. The van der Waals surface area contributed by atoms with Crippen molar-refractivity contribution in [2.24, 2.45) is 0 Å². The molecule has 0 saturated carbocycles. The van der Waals surface area contributed by atoms with E-state index in [1.165, 1.54) is 18.3 Å². The van der Waals surface area contributed by atoms with E-state index in [0.717, 1.165) is 4.88 Å². The molecule has 124 valence electrons. The number of ether oxygens (including phenoxy) is 1. The average Bonchev–Trinajstić information content (AvgIpc) is 3.24. The number of aryl methyl sites for hydroxylation is 1. The molecule has 8 heteroatoms. The maximum absolute atomic E-state index is 12.2. The molecule has 3 heterocycles. The van der Waals surface area contributed by atoms with Crippen LogP contribution in [0.4, 0.5) is 0 Å². The SMILES string of the molecule is CC(=O)c1c(C)[nH]c(C(=O)OCc2nc(-c3cccs3)no2)c1C. The third-order valence-corrected chi connectivity index (χ3v) is 4.40. The number of thiophene rings is 1. The molecule has 0 spiro atoms. The van der Waals surface area contributed by atoms with Gasteiger partial charge in [-0.2, -0.15) is 4.98 Å². The zero-order chi connectivity index (χ0) is 17.3. The van der Waals surface area contributed by atoms with Crippen molar-refractivity contribution in [2.45, 2.75) is 27.4 Å². The summed E-state index contributed by atoms with van der Waals surface area (Å²) in [4.78, 5) is 31.8. The lowest BCUT2D eigenvalue weighted by atomic mass is 10.1. The Bertz CT molecular complexity index is 893. The smallest absolute Gasteiger partial charge is 0.355 e. The number of Topliss-reactive ketones (excluding diaryl/α,β-unsaturated/α-hetero) is 1. The molecule has 0 aliphatic heterocycles. The number of nitrogens with one attached hydrogen (secondary N) is 1. The Labute approximate surface area is 141 Å². The molecule has 0 aromatic carbocycles. The quantitative estimate of drug-likeness (QED) is 0.563. The molecule has 3 aromatic heterocycles. The van der Waals surface area contributed by atoms with E-state index >= 15 is 0 Å². The van der Waals surface area contributed by atoms with Gasteiger partial charge in [0.2, 0.25) is 5.82 Å². The number of aromatic amines is 1. The summed E-state index contributed by atoms with van der Waals surface area (Å²) in [7, 11) is 0. The zero-order valence-corrected chi connectivity index (χ0v) is 14.2.